The molecule has 30 heavy (non-hydrogen) atoms. The van der Waals surface area contributed by atoms with Crippen LogP contribution in [-0.2, 0) is 26.2 Å². The van der Waals surface area contributed by atoms with Gasteiger partial charge in [-0.2, -0.15) is 6.07 Å². The van der Waals surface area contributed by atoms with Gasteiger partial charge in [0, 0.05) is 41.5 Å². The van der Waals surface area contributed by atoms with Crippen LogP contribution in [0.2, 0.25) is 13.1 Å². The summed E-state index contributed by atoms with van der Waals surface area (Å²) in [7, 11) is -0.995. The Kier molecular flexibility index (Phi) is 5.77. The second-order valence-corrected chi connectivity index (χ2v) is 14.8. The number of allylic oxidation sites excluding steroid dienone is 1. The third kappa shape index (κ3) is 3.30. The van der Waals surface area contributed by atoms with Gasteiger partial charge in [-0.25, -0.2) is 0 Å². The van der Waals surface area contributed by atoms with Crippen molar-refractivity contribution in [1.82, 2.24) is 0 Å². The van der Waals surface area contributed by atoms with Crippen LogP contribution in [0.4, 0.5) is 0 Å². The molecule has 1 aromatic heterocycles. The number of benzene rings is 2. The summed E-state index contributed by atoms with van der Waals surface area (Å²) in [4.78, 5) is 3.14. The minimum Gasteiger partial charge on any atom is -0.165 e. The molecule has 7 rings (SSSR count). The zero-order chi connectivity index (χ0) is 20.3. The van der Waals surface area contributed by atoms with Crippen LogP contribution in [0.25, 0.3) is 27.1 Å². The van der Waals surface area contributed by atoms with E-state index >= 15 is 0 Å². The number of fused-ring (bicyclic) bond motifs is 1. The Morgan fingerprint density at radius 1 is 0.900 bits per heavy atom. The molecule has 150 valence electrons. The van der Waals surface area contributed by atoms with Crippen LogP contribution in [0, 0.1) is 13.8 Å². The summed E-state index contributed by atoms with van der Waals surface area (Å²) in [6.07, 6.45) is 0. The van der Waals surface area contributed by atoms with Crippen LogP contribution in [-0.4, -0.2) is 8.07 Å². The molecular formula is C27H27SSiZr-. The van der Waals surface area contributed by atoms with Crippen LogP contribution < -0.4 is 0 Å². The SMILES string of the molecule is CC1=C2c3sc(C)cc3C1[Si]2(C)C.Cc1cc2c(-c3ccccc3)cccc2[cH-]1.[Zr]. The normalized spacial score (nSPS) is 17.7. The molecule has 1 unspecified atom stereocenters. The van der Waals surface area contributed by atoms with E-state index in [0.29, 0.717) is 0 Å². The summed E-state index contributed by atoms with van der Waals surface area (Å²) >= 11 is 2.01. The molecule has 1 atom stereocenters. The molecule has 3 aromatic carbocycles. The maximum Gasteiger partial charge on any atom is 0.0941 e. The van der Waals surface area contributed by atoms with E-state index < -0.39 is 8.07 Å². The molecule has 0 nitrogen and oxygen atoms in total. The van der Waals surface area contributed by atoms with Gasteiger partial charge in [0.2, 0.25) is 0 Å². The van der Waals surface area contributed by atoms with Crippen molar-refractivity contribution in [2.24, 2.45) is 0 Å². The number of thiophene rings is 1. The predicted octanol–water partition coefficient (Wildman–Crippen LogP) is 8.26. The molecule has 4 aromatic rings. The average molecular weight is 503 g/mol. The van der Waals surface area contributed by atoms with E-state index in [1.54, 1.807) is 21.2 Å². The molecule has 2 aliphatic heterocycles. The van der Waals surface area contributed by atoms with Crippen molar-refractivity contribution in [1.29, 1.82) is 0 Å². The van der Waals surface area contributed by atoms with Gasteiger partial charge in [0.15, 0.2) is 0 Å². The Morgan fingerprint density at radius 3 is 2.30 bits per heavy atom. The van der Waals surface area contributed by atoms with Crippen LogP contribution in [0.3, 0.4) is 0 Å². The first-order chi connectivity index (χ1) is 13.9. The smallest absolute Gasteiger partial charge is 0.0941 e. The van der Waals surface area contributed by atoms with Crippen LogP contribution in [0.15, 0.2) is 72.3 Å². The van der Waals surface area contributed by atoms with E-state index in [2.05, 4.69) is 101 Å². The topological polar surface area (TPSA) is 0 Å². The first-order valence-electron chi connectivity index (χ1n) is 10.4. The summed E-state index contributed by atoms with van der Waals surface area (Å²) < 4.78 is 0. The summed E-state index contributed by atoms with van der Waals surface area (Å²) in [5, 5.41) is 4.47. The summed E-state index contributed by atoms with van der Waals surface area (Å²) in [6, 6.07) is 24.0. The standard InChI is InChI=1S/C16H13.C11H14SSi.Zr/c1-12-10-14-8-5-9-15(16(14)11-12)13-6-3-2-4-7-13;1-6-5-8-9(12-6)11-7(2)10(8)13(11,3)4;/h2-11H,1H3;5,10H,1-4H3;/q-1;;. The molecule has 0 spiro atoms. The van der Waals surface area contributed by atoms with E-state index in [0.717, 1.165) is 5.54 Å². The van der Waals surface area contributed by atoms with Crippen molar-refractivity contribution in [3.8, 4) is 11.1 Å². The van der Waals surface area contributed by atoms with Gasteiger partial charge in [-0.05, 0) is 36.2 Å². The molecule has 3 heterocycles. The molecular weight excluding hydrogens is 476 g/mol. The van der Waals surface area contributed by atoms with E-state index in [4.69, 9.17) is 0 Å². The second kappa shape index (κ2) is 7.93. The van der Waals surface area contributed by atoms with Crippen molar-refractivity contribution < 1.29 is 26.2 Å². The second-order valence-electron chi connectivity index (χ2n) is 9.06. The predicted molar refractivity (Wildman–Crippen MR) is 132 cm³/mol. The fourth-order valence-electron chi connectivity index (χ4n) is 5.55. The number of hydrogen-bond acceptors (Lipinski definition) is 1. The Labute approximate surface area is 204 Å². The molecule has 2 bridgehead atoms. The van der Waals surface area contributed by atoms with Crippen LogP contribution >= 0.6 is 11.3 Å². The first-order valence-corrected chi connectivity index (χ1v) is 14.3. The summed E-state index contributed by atoms with van der Waals surface area (Å²) in [5.74, 6) is 0. The molecule has 3 heteroatoms. The van der Waals surface area contributed by atoms with Crippen molar-refractivity contribution in [3.05, 3.63) is 93.2 Å². The van der Waals surface area contributed by atoms with E-state index in [1.165, 1.54) is 32.3 Å². The zero-order valence-corrected chi connectivity index (χ0v) is 22.6. The average Bonchev–Trinajstić information content (AvgIpc) is 3.36. The molecule has 0 radical (unpaired) electrons. The Morgan fingerprint density at radius 2 is 1.63 bits per heavy atom. The fraction of sp³-hybridized carbons (Fsp3) is 0.222. The zero-order valence-electron chi connectivity index (χ0n) is 18.3. The number of aryl methyl sites for hydroxylation is 2. The monoisotopic (exact) mass is 501 g/mol. The molecule has 0 fully saturated rings. The van der Waals surface area contributed by atoms with Gasteiger partial charge in [-0.15, -0.1) is 45.9 Å². The van der Waals surface area contributed by atoms with Gasteiger partial charge >= 0.3 is 0 Å². The third-order valence-electron chi connectivity index (χ3n) is 6.60. The van der Waals surface area contributed by atoms with E-state index in [9.17, 15) is 0 Å². The number of rotatable bonds is 1. The Balaban J connectivity index is 0.000000143. The molecule has 1 aliphatic carbocycles. The van der Waals surface area contributed by atoms with Gasteiger partial charge in [-0.3, -0.25) is 0 Å². The van der Waals surface area contributed by atoms with Crippen molar-refractivity contribution in [2.45, 2.75) is 39.4 Å². The van der Waals surface area contributed by atoms with Gasteiger partial charge in [0.1, 0.15) is 0 Å². The summed E-state index contributed by atoms with van der Waals surface area (Å²) in [6.45, 7) is 11.7. The van der Waals surface area contributed by atoms with Gasteiger partial charge < -0.3 is 0 Å². The van der Waals surface area contributed by atoms with Crippen molar-refractivity contribution in [3.63, 3.8) is 0 Å². The van der Waals surface area contributed by atoms with Gasteiger partial charge in [0.05, 0.1) is 8.07 Å². The van der Waals surface area contributed by atoms with E-state index in [-0.39, 0.29) is 26.2 Å². The molecule has 3 aliphatic rings. The fourth-order valence-corrected chi connectivity index (χ4v) is 11.8. The Bertz CT molecular complexity index is 1260. The maximum atomic E-state index is 2.52. The quantitative estimate of drug-likeness (QED) is 0.181. The largest absolute Gasteiger partial charge is 0.165 e. The number of hydrogen-bond donors (Lipinski definition) is 0. The van der Waals surface area contributed by atoms with Crippen molar-refractivity contribution in [2.75, 3.05) is 0 Å². The van der Waals surface area contributed by atoms with Gasteiger partial charge in [0.25, 0.3) is 0 Å². The van der Waals surface area contributed by atoms with E-state index in [1.807, 2.05) is 11.3 Å². The molecule has 0 saturated carbocycles. The molecule has 0 N–H and O–H groups in total. The summed E-state index contributed by atoms with van der Waals surface area (Å²) in [5.41, 5.74) is 8.19. The Hall–Kier alpha value is -1.41. The minimum absolute atomic E-state index is 0. The van der Waals surface area contributed by atoms with Gasteiger partial charge in [-0.1, -0.05) is 67.6 Å². The first kappa shape index (κ1) is 21.8. The van der Waals surface area contributed by atoms with Crippen LogP contribution in [0.5, 0.6) is 0 Å². The minimum atomic E-state index is -0.995. The molecule has 0 amide bonds. The maximum absolute atomic E-state index is 2.52. The molecule has 0 saturated heterocycles. The third-order valence-corrected chi connectivity index (χ3v) is 12.0. The van der Waals surface area contributed by atoms with Crippen LogP contribution in [0.1, 0.15) is 33.3 Å². The van der Waals surface area contributed by atoms with Crippen molar-refractivity contribution >= 4 is 35.4 Å².